The Morgan fingerprint density at radius 3 is 2.89 bits per heavy atom. The third-order valence-electron chi connectivity index (χ3n) is 2.83. The third kappa shape index (κ3) is 3.73. The van der Waals surface area contributed by atoms with Gasteiger partial charge in [-0.15, -0.1) is 11.3 Å². The van der Waals surface area contributed by atoms with Crippen molar-refractivity contribution in [3.63, 3.8) is 0 Å². The van der Waals surface area contributed by atoms with E-state index in [1.54, 1.807) is 23.3 Å². The van der Waals surface area contributed by atoms with Crippen LogP contribution < -0.4 is 5.73 Å². The molecule has 1 heterocycles. The molecule has 1 aromatic heterocycles. The Morgan fingerprint density at radius 1 is 1.67 bits per heavy atom. The molecule has 1 atom stereocenters. The van der Waals surface area contributed by atoms with Crippen LogP contribution >= 0.6 is 11.3 Å². The summed E-state index contributed by atoms with van der Waals surface area (Å²) in [7, 11) is 1.74. The number of rotatable bonds is 6. The third-order valence-corrected chi connectivity index (χ3v) is 3.76. The summed E-state index contributed by atoms with van der Waals surface area (Å²) >= 11 is 1.68. The van der Waals surface area contributed by atoms with E-state index in [0.29, 0.717) is 13.0 Å². The molecule has 0 aliphatic carbocycles. The van der Waals surface area contributed by atoms with Gasteiger partial charge in [0.1, 0.15) is 0 Å². The lowest BCUT2D eigenvalue weighted by Gasteiger charge is -2.22. The fourth-order valence-corrected chi connectivity index (χ4v) is 2.39. The van der Waals surface area contributed by atoms with Gasteiger partial charge < -0.3 is 15.8 Å². The summed E-state index contributed by atoms with van der Waals surface area (Å²) in [6.07, 6.45) is 1.35. The second kappa shape index (κ2) is 7.00. The van der Waals surface area contributed by atoms with Crippen LogP contribution in [0, 0.1) is 5.92 Å². The Labute approximate surface area is 111 Å². The molecular weight excluding hydrogens is 250 g/mol. The van der Waals surface area contributed by atoms with E-state index in [0.717, 1.165) is 6.42 Å². The number of amidine groups is 1. The van der Waals surface area contributed by atoms with Gasteiger partial charge in [0.2, 0.25) is 5.91 Å². The molecule has 1 rings (SSSR count). The van der Waals surface area contributed by atoms with E-state index >= 15 is 0 Å². The molecule has 1 aromatic rings. The molecule has 0 aromatic carbocycles. The van der Waals surface area contributed by atoms with Gasteiger partial charge in [-0.1, -0.05) is 18.1 Å². The second-order valence-electron chi connectivity index (χ2n) is 4.07. The van der Waals surface area contributed by atoms with Gasteiger partial charge in [0.05, 0.1) is 5.92 Å². The highest BCUT2D eigenvalue weighted by Crippen LogP contribution is 2.11. The van der Waals surface area contributed by atoms with Crippen LogP contribution in [-0.2, 0) is 11.2 Å². The number of hydrogen-bond donors (Lipinski definition) is 2. The van der Waals surface area contributed by atoms with Crippen molar-refractivity contribution in [2.75, 3.05) is 13.6 Å². The van der Waals surface area contributed by atoms with E-state index in [9.17, 15) is 4.79 Å². The maximum atomic E-state index is 12.1. The lowest BCUT2D eigenvalue weighted by Crippen LogP contribution is -2.40. The summed E-state index contributed by atoms with van der Waals surface area (Å²) in [6.45, 7) is 2.47. The summed E-state index contributed by atoms with van der Waals surface area (Å²) in [5, 5.41) is 13.6. The molecule has 100 valence electrons. The first-order valence-corrected chi connectivity index (χ1v) is 6.72. The quantitative estimate of drug-likeness (QED) is 0.356. The van der Waals surface area contributed by atoms with Gasteiger partial charge in [0, 0.05) is 18.5 Å². The number of nitrogens with two attached hydrogens (primary N) is 1. The number of carbonyl (C=O) groups is 1. The van der Waals surface area contributed by atoms with Crippen molar-refractivity contribution in [3.8, 4) is 0 Å². The van der Waals surface area contributed by atoms with Crippen LogP contribution in [0.1, 0.15) is 18.2 Å². The maximum Gasteiger partial charge on any atom is 0.233 e. The van der Waals surface area contributed by atoms with Crippen LogP contribution in [-0.4, -0.2) is 35.4 Å². The van der Waals surface area contributed by atoms with Crippen LogP contribution in [0.3, 0.4) is 0 Å². The van der Waals surface area contributed by atoms with Crippen molar-refractivity contribution in [1.82, 2.24) is 4.90 Å². The minimum atomic E-state index is -0.539. The van der Waals surface area contributed by atoms with Crippen molar-refractivity contribution < 1.29 is 10.0 Å². The number of thiophene rings is 1. The molecule has 0 saturated carbocycles. The SMILES string of the molecule is CCC(C(=O)N(C)CCc1cccs1)/C(N)=N/O. The molecule has 0 aliphatic rings. The fraction of sp³-hybridized carbons (Fsp3) is 0.500. The van der Waals surface area contributed by atoms with E-state index in [2.05, 4.69) is 5.16 Å². The highest BCUT2D eigenvalue weighted by Gasteiger charge is 2.24. The van der Waals surface area contributed by atoms with Gasteiger partial charge in [-0.3, -0.25) is 4.79 Å². The van der Waals surface area contributed by atoms with Gasteiger partial charge in [0.25, 0.3) is 0 Å². The molecule has 5 nitrogen and oxygen atoms in total. The van der Waals surface area contributed by atoms with Crippen LogP contribution in [0.2, 0.25) is 0 Å². The number of likely N-dealkylation sites (N-methyl/N-ethyl adjacent to an activating group) is 1. The summed E-state index contributed by atoms with van der Waals surface area (Å²) in [4.78, 5) is 15.0. The molecule has 1 unspecified atom stereocenters. The number of oxime groups is 1. The largest absolute Gasteiger partial charge is 0.409 e. The van der Waals surface area contributed by atoms with Crippen molar-refractivity contribution in [3.05, 3.63) is 22.4 Å². The van der Waals surface area contributed by atoms with Gasteiger partial charge >= 0.3 is 0 Å². The molecule has 0 aliphatic heterocycles. The predicted octanol–water partition coefficient (Wildman–Crippen LogP) is 1.52. The second-order valence-corrected chi connectivity index (χ2v) is 5.11. The first-order valence-electron chi connectivity index (χ1n) is 5.84. The van der Waals surface area contributed by atoms with Crippen LogP contribution in [0.25, 0.3) is 0 Å². The molecule has 1 amide bonds. The lowest BCUT2D eigenvalue weighted by molar-refractivity contribution is -0.132. The Balaban J connectivity index is 2.54. The number of carbonyl (C=O) groups excluding carboxylic acids is 1. The molecular formula is C12H19N3O2S. The fourth-order valence-electron chi connectivity index (χ4n) is 1.69. The van der Waals surface area contributed by atoms with Gasteiger partial charge in [0.15, 0.2) is 5.84 Å². The van der Waals surface area contributed by atoms with Gasteiger partial charge in [-0.05, 0) is 24.3 Å². The molecule has 0 bridgehead atoms. The average Bonchev–Trinajstić information content (AvgIpc) is 2.89. The highest BCUT2D eigenvalue weighted by atomic mass is 32.1. The zero-order valence-electron chi connectivity index (χ0n) is 10.7. The number of amides is 1. The van der Waals surface area contributed by atoms with E-state index in [1.807, 2.05) is 24.4 Å². The van der Waals surface area contributed by atoms with E-state index in [4.69, 9.17) is 10.9 Å². The molecule has 0 saturated heterocycles. The normalized spacial score (nSPS) is 13.3. The Morgan fingerprint density at radius 2 is 2.39 bits per heavy atom. The standard InChI is InChI=1S/C12H19N3O2S/c1-3-10(11(13)14-17)12(16)15(2)7-6-9-5-4-8-18-9/h4-5,8,10,17H,3,6-7H2,1-2H3,(H2,13,14). The highest BCUT2D eigenvalue weighted by molar-refractivity contribution is 7.09. The maximum absolute atomic E-state index is 12.1. The molecule has 18 heavy (non-hydrogen) atoms. The minimum Gasteiger partial charge on any atom is -0.409 e. The first kappa shape index (κ1) is 14.5. The molecule has 0 radical (unpaired) electrons. The molecule has 0 spiro atoms. The summed E-state index contributed by atoms with van der Waals surface area (Å²) in [5.41, 5.74) is 5.51. The Kier molecular flexibility index (Phi) is 5.64. The van der Waals surface area contributed by atoms with Gasteiger partial charge in [-0.25, -0.2) is 0 Å². The molecule has 6 heteroatoms. The molecule has 0 fully saturated rings. The van der Waals surface area contributed by atoms with Crippen molar-refractivity contribution >= 4 is 23.1 Å². The molecule has 3 N–H and O–H groups in total. The average molecular weight is 269 g/mol. The minimum absolute atomic E-state index is 0.0227. The Bertz CT molecular complexity index is 403. The summed E-state index contributed by atoms with van der Waals surface area (Å²) in [5.74, 6) is -0.668. The van der Waals surface area contributed by atoms with Crippen LogP contribution in [0.4, 0.5) is 0 Å². The number of nitrogens with zero attached hydrogens (tertiary/aromatic N) is 2. The zero-order chi connectivity index (χ0) is 13.5. The predicted molar refractivity (Wildman–Crippen MR) is 72.8 cm³/mol. The monoisotopic (exact) mass is 269 g/mol. The zero-order valence-corrected chi connectivity index (χ0v) is 11.5. The van der Waals surface area contributed by atoms with E-state index in [-0.39, 0.29) is 11.7 Å². The van der Waals surface area contributed by atoms with E-state index in [1.165, 1.54) is 4.88 Å². The first-order chi connectivity index (χ1) is 8.60. The smallest absolute Gasteiger partial charge is 0.233 e. The van der Waals surface area contributed by atoms with Crippen LogP contribution in [0.15, 0.2) is 22.7 Å². The topological polar surface area (TPSA) is 78.9 Å². The van der Waals surface area contributed by atoms with Crippen molar-refractivity contribution in [2.45, 2.75) is 19.8 Å². The van der Waals surface area contributed by atoms with E-state index < -0.39 is 5.92 Å². The number of hydrogen-bond acceptors (Lipinski definition) is 4. The van der Waals surface area contributed by atoms with Crippen molar-refractivity contribution in [1.29, 1.82) is 0 Å². The summed E-state index contributed by atoms with van der Waals surface area (Å²) in [6, 6.07) is 4.04. The lowest BCUT2D eigenvalue weighted by atomic mass is 10.0. The van der Waals surface area contributed by atoms with Crippen LogP contribution in [0.5, 0.6) is 0 Å². The van der Waals surface area contributed by atoms with Crippen molar-refractivity contribution in [2.24, 2.45) is 16.8 Å². The Hall–Kier alpha value is -1.56. The van der Waals surface area contributed by atoms with Gasteiger partial charge in [-0.2, -0.15) is 0 Å². The summed E-state index contributed by atoms with van der Waals surface area (Å²) < 4.78 is 0.